The number of rotatable bonds is 3. The van der Waals surface area contributed by atoms with Crippen molar-refractivity contribution in [2.45, 2.75) is 44.9 Å². The molecule has 0 heterocycles. The van der Waals surface area contributed by atoms with Crippen LogP contribution in [0.15, 0.2) is 0 Å². The van der Waals surface area contributed by atoms with Gasteiger partial charge in [-0.1, -0.05) is 0 Å². The first-order valence-electron chi connectivity index (χ1n) is 4.55. The summed E-state index contributed by atoms with van der Waals surface area (Å²) in [5.74, 6) is 2.56. The van der Waals surface area contributed by atoms with Crippen molar-refractivity contribution in [2.75, 3.05) is 0 Å². The molecule has 68 valence electrons. The maximum absolute atomic E-state index is 2.40. The van der Waals surface area contributed by atoms with E-state index in [4.69, 9.17) is 0 Å². The molecule has 0 aromatic rings. The Morgan fingerprint density at radius 1 is 0.909 bits per heavy atom. The van der Waals surface area contributed by atoms with Crippen molar-refractivity contribution in [2.24, 2.45) is 17.8 Å². The van der Waals surface area contributed by atoms with Crippen LogP contribution in [0.2, 0.25) is 3.36 Å². The van der Waals surface area contributed by atoms with Crippen molar-refractivity contribution in [1.29, 1.82) is 0 Å². The van der Waals surface area contributed by atoms with E-state index in [2.05, 4.69) is 41.5 Å². The van der Waals surface area contributed by atoms with Gasteiger partial charge in [-0.05, 0) is 0 Å². The van der Waals surface area contributed by atoms with Crippen LogP contribution < -0.4 is 0 Å². The molecular weight excluding hydrogens is 242 g/mol. The van der Waals surface area contributed by atoms with Gasteiger partial charge in [-0.25, -0.2) is 0 Å². The SMILES string of the molecule is CC(C)C(C(C)C)[C](C)(C)[SbH2]. The van der Waals surface area contributed by atoms with Crippen molar-refractivity contribution in [3.05, 3.63) is 0 Å². The molecular formula is C10H23Sb. The molecule has 0 aliphatic rings. The van der Waals surface area contributed by atoms with Crippen LogP contribution in [-0.2, 0) is 0 Å². The third kappa shape index (κ3) is 3.83. The summed E-state index contributed by atoms with van der Waals surface area (Å²) in [4.78, 5) is 0. The summed E-state index contributed by atoms with van der Waals surface area (Å²) < 4.78 is 0.591. The van der Waals surface area contributed by atoms with Crippen LogP contribution in [0.5, 0.6) is 0 Å². The Kier molecular flexibility index (Phi) is 4.48. The Balaban J connectivity index is 4.35. The molecule has 0 aliphatic heterocycles. The van der Waals surface area contributed by atoms with Crippen molar-refractivity contribution < 1.29 is 0 Å². The van der Waals surface area contributed by atoms with Gasteiger partial charge >= 0.3 is 85.7 Å². The van der Waals surface area contributed by atoms with E-state index in [9.17, 15) is 0 Å². The van der Waals surface area contributed by atoms with Gasteiger partial charge in [-0.3, -0.25) is 0 Å². The minimum absolute atomic E-state index is 0.591. The van der Waals surface area contributed by atoms with Crippen molar-refractivity contribution in [1.82, 2.24) is 0 Å². The molecule has 0 nitrogen and oxygen atoms in total. The summed E-state index contributed by atoms with van der Waals surface area (Å²) in [5.41, 5.74) is 0. The fourth-order valence-electron chi connectivity index (χ4n) is 2.49. The molecule has 1 heteroatoms. The van der Waals surface area contributed by atoms with E-state index in [1.165, 1.54) is 23.0 Å². The van der Waals surface area contributed by atoms with Gasteiger partial charge in [-0.2, -0.15) is 0 Å². The molecule has 0 amide bonds. The van der Waals surface area contributed by atoms with Gasteiger partial charge in [0.2, 0.25) is 0 Å². The van der Waals surface area contributed by atoms with E-state index in [-0.39, 0.29) is 0 Å². The Morgan fingerprint density at radius 2 is 1.18 bits per heavy atom. The first-order valence-corrected chi connectivity index (χ1v) is 6.20. The Labute approximate surface area is 85.6 Å². The zero-order valence-corrected chi connectivity index (χ0v) is 12.1. The van der Waals surface area contributed by atoms with E-state index in [0.29, 0.717) is 3.36 Å². The van der Waals surface area contributed by atoms with E-state index in [1.807, 2.05) is 0 Å². The quantitative estimate of drug-likeness (QED) is 0.688. The molecule has 0 saturated heterocycles. The minimum atomic E-state index is 0.591. The van der Waals surface area contributed by atoms with Crippen LogP contribution in [0.4, 0.5) is 0 Å². The van der Waals surface area contributed by atoms with Gasteiger partial charge in [0, 0.05) is 0 Å². The first kappa shape index (κ1) is 11.8. The third-order valence-electron chi connectivity index (χ3n) is 2.30. The molecule has 0 aliphatic carbocycles. The number of hydrogen-bond donors (Lipinski definition) is 0. The fraction of sp³-hybridized carbons (Fsp3) is 1.00. The second-order valence-corrected chi connectivity index (χ2v) is 9.08. The molecule has 0 aromatic carbocycles. The molecule has 0 aromatic heterocycles. The second kappa shape index (κ2) is 4.17. The van der Waals surface area contributed by atoms with Gasteiger partial charge in [0.15, 0.2) is 0 Å². The van der Waals surface area contributed by atoms with E-state index < -0.39 is 0 Å². The zero-order chi connectivity index (χ0) is 9.23. The average molecular weight is 265 g/mol. The molecule has 0 N–H and O–H groups in total. The maximum atomic E-state index is 2.40. The summed E-state index contributed by atoms with van der Waals surface area (Å²) in [6.07, 6.45) is 0. The molecule has 0 unspecified atom stereocenters. The van der Waals surface area contributed by atoms with E-state index in [0.717, 1.165) is 17.8 Å². The van der Waals surface area contributed by atoms with E-state index >= 15 is 0 Å². The zero-order valence-electron chi connectivity index (χ0n) is 8.81. The predicted octanol–water partition coefficient (Wildman–Crippen LogP) is 2.75. The van der Waals surface area contributed by atoms with Gasteiger partial charge in [-0.15, -0.1) is 0 Å². The van der Waals surface area contributed by atoms with Gasteiger partial charge in [0.05, 0.1) is 0 Å². The molecule has 0 bridgehead atoms. The van der Waals surface area contributed by atoms with Crippen LogP contribution in [0.1, 0.15) is 41.5 Å². The van der Waals surface area contributed by atoms with Crippen LogP contribution in [-0.4, -0.2) is 23.0 Å². The molecule has 0 spiro atoms. The normalized spacial score (nSPS) is 13.6. The topological polar surface area (TPSA) is 0 Å². The first-order chi connectivity index (χ1) is 4.76. The molecule has 11 heavy (non-hydrogen) atoms. The Bertz CT molecular complexity index is 101. The summed E-state index contributed by atoms with van der Waals surface area (Å²) in [6.45, 7) is 14.2. The van der Waals surface area contributed by atoms with Gasteiger partial charge in [0.25, 0.3) is 0 Å². The Hall–Kier alpha value is 0.818. The Morgan fingerprint density at radius 3 is 1.18 bits per heavy atom. The molecule has 0 radical (unpaired) electrons. The van der Waals surface area contributed by atoms with Crippen molar-refractivity contribution >= 4 is 23.0 Å². The van der Waals surface area contributed by atoms with Crippen LogP contribution in [0.3, 0.4) is 0 Å². The van der Waals surface area contributed by atoms with Crippen LogP contribution in [0, 0.1) is 17.8 Å². The van der Waals surface area contributed by atoms with Gasteiger partial charge < -0.3 is 0 Å². The number of hydrogen-bond acceptors (Lipinski definition) is 0. The van der Waals surface area contributed by atoms with E-state index in [1.54, 1.807) is 0 Å². The van der Waals surface area contributed by atoms with Crippen LogP contribution in [0.25, 0.3) is 0 Å². The fourth-order valence-corrected chi connectivity index (χ4v) is 4.69. The monoisotopic (exact) mass is 264 g/mol. The van der Waals surface area contributed by atoms with Crippen LogP contribution >= 0.6 is 0 Å². The predicted molar refractivity (Wildman–Crippen MR) is 55.8 cm³/mol. The molecule has 0 atom stereocenters. The third-order valence-corrected chi connectivity index (χ3v) is 3.39. The van der Waals surface area contributed by atoms with Crippen molar-refractivity contribution in [3.8, 4) is 0 Å². The van der Waals surface area contributed by atoms with Crippen molar-refractivity contribution in [3.63, 3.8) is 0 Å². The average Bonchev–Trinajstić information content (AvgIpc) is 1.54. The van der Waals surface area contributed by atoms with Gasteiger partial charge in [0.1, 0.15) is 0 Å². The summed E-state index contributed by atoms with van der Waals surface area (Å²) in [7, 11) is 0. The summed E-state index contributed by atoms with van der Waals surface area (Å²) in [6, 6.07) is 0. The molecule has 0 saturated carbocycles. The summed E-state index contributed by atoms with van der Waals surface area (Å²) >= 11 is 1.37. The summed E-state index contributed by atoms with van der Waals surface area (Å²) in [5, 5.41) is 0. The second-order valence-electron chi connectivity index (χ2n) is 4.84. The molecule has 0 fully saturated rings. The molecule has 0 rings (SSSR count). The standard InChI is InChI=1S/C10H21.Sb.2H/c1-7(2)10(8(3)4)9(5)6;;;/h7-8,10H,1-6H3;;;.